The predicted octanol–water partition coefficient (Wildman–Crippen LogP) is 1.38. The van der Waals surface area contributed by atoms with Crippen LogP contribution in [-0.4, -0.2) is 59.1 Å². The Hall–Kier alpha value is -1.98. The number of aromatic amines is 1. The van der Waals surface area contributed by atoms with Gasteiger partial charge in [0.1, 0.15) is 6.61 Å². The van der Waals surface area contributed by atoms with Crippen molar-refractivity contribution in [3.05, 3.63) is 23.5 Å². The van der Waals surface area contributed by atoms with Crippen molar-refractivity contribution in [3.63, 3.8) is 0 Å². The van der Waals surface area contributed by atoms with Crippen LogP contribution in [0.15, 0.2) is 12.3 Å². The molecule has 2 aliphatic heterocycles. The fourth-order valence-corrected chi connectivity index (χ4v) is 2.97. The highest BCUT2D eigenvalue weighted by Crippen LogP contribution is 2.21. The maximum atomic E-state index is 12.4. The van der Waals surface area contributed by atoms with E-state index < -0.39 is 0 Å². The maximum Gasteiger partial charge on any atom is 0.410 e. The number of nitrogens with one attached hydrogen (secondary N) is 1. The van der Waals surface area contributed by atoms with Crippen molar-refractivity contribution in [3.8, 4) is 0 Å². The summed E-state index contributed by atoms with van der Waals surface area (Å²) in [5.74, 6) is 0.0752. The first-order chi connectivity index (χ1) is 9.66. The standard InChI is InChI=1S/C14H19N3O3/c1-10-12(2-5-15-10)13(18)16-6-3-11(4-7-16)17-8-9-20-14(17)19/h2,5,11,15H,3-4,6-9H2,1H3. The lowest BCUT2D eigenvalue weighted by atomic mass is 10.0. The third kappa shape index (κ3) is 2.26. The van der Waals surface area contributed by atoms with E-state index in [-0.39, 0.29) is 18.0 Å². The molecule has 20 heavy (non-hydrogen) atoms. The summed E-state index contributed by atoms with van der Waals surface area (Å²) in [7, 11) is 0. The second-order valence-electron chi connectivity index (χ2n) is 5.35. The smallest absolute Gasteiger partial charge is 0.410 e. The largest absolute Gasteiger partial charge is 0.448 e. The Morgan fingerprint density at radius 1 is 1.35 bits per heavy atom. The number of carbonyl (C=O) groups is 2. The van der Waals surface area contributed by atoms with Crippen LogP contribution in [-0.2, 0) is 4.74 Å². The van der Waals surface area contributed by atoms with Crippen molar-refractivity contribution in [2.45, 2.75) is 25.8 Å². The van der Waals surface area contributed by atoms with Crippen molar-refractivity contribution in [1.82, 2.24) is 14.8 Å². The van der Waals surface area contributed by atoms with E-state index in [1.165, 1.54) is 0 Å². The van der Waals surface area contributed by atoms with Gasteiger partial charge in [-0.3, -0.25) is 4.79 Å². The van der Waals surface area contributed by atoms with Gasteiger partial charge in [0, 0.05) is 31.0 Å². The second kappa shape index (κ2) is 5.19. The molecule has 108 valence electrons. The van der Waals surface area contributed by atoms with Crippen LogP contribution in [0.4, 0.5) is 4.79 Å². The monoisotopic (exact) mass is 277 g/mol. The topological polar surface area (TPSA) is 65.6 Å². The molecule has 0 bridgehead atoms. The maximum absolute atomic E-state index is 12.4. The van der Waals surface area contributed by atoms with Crippen molar-refractivity contribution in [2.75, 3.05) is 26.2 Å². The molecule has 6 nitrogen and oxygen atoms in total. The fraction of sp³-hybridized carbons (Fsp3) is 0.571. The number of ether oxygens (including phenoxy) is 1. The highest BCUT2D eigenvalue weighted by Gasteiger charge is 2.33. The molecule has 0 aromatic carbocycles. The van der Waals surface area contributed by atoms with Crippen LogP contribution in [0, 0.1) is 6.92 Å². The molecule has 3 rings (SSSR count). The van der Waals surface area contributed by atoms with Crippen LogP contribution in [0.3, 0.4) is 0 Å². The van der Waals surface area contributed by atoms with Gasteiger partial charge in [-0.25, -0.2) is 4.79 Å². The van der Waals surface area contributed by atoms with E-state index in [4.69, 9.17) is 4.74 Å². The number of cyclic esters (lactones) is 1. The van der Waals surface area contributed by atoms with Gasteiger partial charge in [0.15, 0.2) is 0 Å². The number of hydrogen-bond donors (Lipinski definition) is 1. The van der Waals surface area contributed by atoms with Crippen molar-refractivity contribution < 1.29 is 14.3 Å². The summed E-state index contributed by atoms with van der Waals surface area (Å²) < 4.78 is 4.97. The van der Waals surface area contributed by atoms with E-state index in [1.807, 2.05) is 17.9 Å². The molecular formula is C14H19N3O3. The molecule has 1 aromatic heterocycles. The second-order valence-corrected chi connectivity index (χ2v) is 5.35. The molecule has 2 fully saturated rings. The third-order valence-corrected chi connectivity index (χ3v) is 4.17. The van der Waals surface area contributed by atoms with Crippen LogP contribution in [0.5, 0.6) is 0 Å². The molecule has 6 heteroatoms. The van der Waals surface area contributed by atoms with Crippen molar-refractivity contribution in [2.24, 2.45) is 0 Å². The number of H-pyrrole nitrogens is 1. The lowest BCUT2D eigenvalue weighted by Gasteiger charge is -2.35. The molecule has 1 aromatic rings. The van der Waals surface area contributed by atoms with Gasteiger partial charge in [0.25, 0.3) is 5.91 Å². The summed E-state index contributed by atoms with van der Waals surface area (Å²) in [5, 5.41) is 0. The summed E-state index contributed by atoms with van der Waals surface area (Å²) in [6.07, 6.45) is 3.22. The lowest BCUT2D eigenvalue weighted by molar-refractivity contribution is 0.0658. The molecule has 0 saturated carbocycles. The van der Waals surface area contributed by atoms with E-state index in [0.717, 1.165) is 24.1 Å². The van der Waals surface area contributed by atoms with Crippen LogP contribution < -0.4 is 0 Å². The van der Waals surface area contributed by atoms with Crippen LogP contribution >= 0.6 is 0 Å². The average molecular weight is 277 g/mol. The third-order valence-electron chi connectivity index (χ3n) is 4.17. The number of piperidine rings is 1. The fourth-order valence-electron chi connectivity index (χ4n) is 2.97. The molecule has 0 unspecified atom stereocenters. The first kappa shape index (κ1) is 13.0. The first-order valence-electron chi connectivity index (χ1n) is 7.03. The van der Waals surface area contributed by atoms with Gasteiger partial charge < -0.3 is 19.5 Å². The SMILES string of the molecule is Cc1[nH]ccc1C(=O)N1CCC(N2CCOC2=O)CC1. The summed E-state index contributed by atoms with van der Waals surface area (Å²) in [6, 6.07) is 2.03. The highest BCUT2D eigenvalue weighted by atomic mass is 16.6. The van der Waals surface area contributed by atoms with Gasteiger partial charge in [0.05, 0.1) is 12.1 Å². The number of aryl methyl sites for hydroxylation is 1. The molecule has 2 amide bonds. The summed E-state index contributed by atoms with van der Waals surface area (Å²) >= 11 is 0. The quantitative estimate of drug-likeness (QED) is 0.888. The zero-order chi connectivity index (χ0) is 14.1. The van der Waals surface area contributed by atoms with Gasteiger partial charge in [-0.05, 0) is 25.8 Å². The highest BCUT2D eigenvalue weighted by molar-refractivity contribution is 5.95. The Morgan fingerprint density at radius 2 is 2.10 bits per heavy atom. The molecule has 3 heterocycles. The lowest BCUT2D eigenvalue weighted by Crippen LogP contribution is -2.47. The summed E-state index contributed by atoms with van der Waals surface area (Å²) in [5.41, 5.74) is 1.64. The number of nitrogens with zero attached hydrogens (tertiary/aromatic N) is 2. The molecule has 0 aliphatic carbocycles. The predicted molar refractivity (Wildman–Crippen MR) is 72.5 cm³/mol. The minimum Gasteiger partial charge on any atom is -0.448 e. The normalized spacial score (nSPS) is 20.4. The Kier molecular flexibility index (Phi) is 3.38. The number of hydrogen-bond acceptors (Lipinski definition) is 3. The Labute approximate surface area is 117 Å². The van der Waals surface area contributed by atoms with E-state index in [1.54, 1.807) is 11.1 Å². The zero-order valence-corrected chi connectivity index (χ0v) is 11.6. The van der Waals surface area contributed by atoms with Gasteiger partial charge in [-0.1, -0.05) is 0 Å². The van der Waals surface area contributed by atoms with Crippen molar-refractivity contribution in [1.29, 1.82) is 0 Å². The van der Waals surface area contributed by atoms with Gasteiger partial charge >= 0.3 is 6.09 Å². The summed E-state index contributed by atoms with van der Waals surface area (Å²) in [6.45, 7) is 4.45. The molecule has 2 saturated heterocycles. The minimum atomic E-state index is -0.212. The van der Waals surface area contributed by atoms with E-state index in [2.05, 4.69) is 4.98 Å². The Balaban J connectivity index is 1.60. The van der Waals surface area contributed by atoms with Crippen LogP contribution in [0.25, 0.3) is 0 Å². The van der Waals surface area contributed by atoms with E-state index in [9.17, 15) is 9.59 Å². The first-order valence-corrected chi connectivity index (χ1v) is 7.03. The van der Waals surface area contributed by atoms with E-state index in [0.29, 0.717) is 26.2 Å². The number of likely N-dealkylation sites (tertiary alicyclic amines) is 1. The molecule has 2 aliphatic rings. The van der Waals surface area contributed by atoms with Crippen LogP contribution in [0.1, 0.15) is 28.9 Å². The average Bonchev–Trinajstić information content (AvgIpc) is 3.07. The summed E-state index contributed by atoms with van der Waals surface area (Å²) in [4.78, 5) is 30.6. The van der Waals surface area contributed by atoms with E-state index >= 15 is 0 Å². The number of amides is 2. The Bertz CT molecular complexity index is 517. The van der Waals surface area contributed by atoms with Gasteiger partial charge in [-0.15, -0.1) is 0 Å². The number of rotatable bonds is 2. The van der Waals surface area contributed by atoms with Gasteiger partial charge in [-0.2, -0.15) is 0 Å². The number of aromatic nitrogens is 1. The Morgan fingerprint density at radius 3 is 2.65 bits per heavy atom. The molecular weight excluding hydrogens is 258 g/mol. The zero-order valence-electron chi connectivity index (χ0n) is 11.6. The van der Waals surface area contributed by atoms with Crippen molar-refractivity contribution >= 4 is 12.0 Å². The molecule has 0 spiro atoms. The molecule has 1 N–H and O–H groups in total. The molecule has 0 radical (unpaired) electrons. The number of carbonyl (C=O) groups excluding carboxylic acids is 2. The van der Waals surface area contributed by atoms with Crippen LogP contribution in [0.2, 0.25) is 0 Å². The van der Waals surface area contributed by atoms with Gasteiger partial charge in [0.2, 0.25) is 0 Å². The minimum absolute atomic E-state index is 0.0752. The molecule has 0 atom stereocenters.